The van der Waals surface area contributed by atoms with Crippen LogP contribution in [-0.4, -0.2) is 46.3 Å². The van der Waals surface area contributed by atoms with Gasteiger partial charge in [0, 0.05) is 24.6 Å². The minimum absolute atomic E-state index is 0.00491. The molecule has 2 atom stereocenters. The SMILES string of the molecule is O=S(=O)(C1=CC2OCOC2(N=Cc2ccccc2)C=C1)c1cc2c(N=Cc3ccccc3)c(c1)OCO2. The first kappa shape index (κ1) is 23.4. The van der Waals surface area contributed by atoms with Crippen LogP contribution in [0, 0.1) is 0 Å². The van der Waals surface area contributed by atoms with Gasteiger partial charge in [-0.05, 0) is 29.4 Å². The summed E-state index contributed by atoms with van der Waals surface area (Å²) in [6, 6.07) is 22.1. The van der Waals surface area contributed by atoms with E-state index in [1.165, 1.54) is 24.3 Å². The lowest BCUT2D eigenvalue weighted by molar-refractivity contribution is 0.0215. The molecule has 0 spiro atoms. The second-order valence-corrected chi connectivity index (χ2v) is 10.5. The number of nitrogens with zero attached hydrogens (tertiary/aromatic N) is 2. The summed E-state index contributed by atoms with van der Waals surface area (Å²) in [5, 5.41) is 0. The first-order valence-corrected chi connectivity index (χ1v) is 13.1. The fourth-order valence-electron chi connectivity index (χ4n) is 4.20. The van der Waals surface area contributed by atoms with E-state index < -0.39 is 21.7 Å². The highest BCUT2D eigenvalue weighted by Crippen LogP contribution is 2.44. The summed E-state index contributed by atoms with van der Waals surface area (Å²) in [5.74, 6) is 0.661. The van der Waals surface area contributed by atoms with Crippen LogP contribution in [0.1, 0.15) is 11.1 Å². The Morgan fingerprint density at radius 3 is 2.19 bits per heavy atom. The summed E-state index contributed by atoms with van der Waals surface area (Å²) in [7, 11) is -3.92. The van der Waals surface area contributed by atoms with Crippen molar-refractivity contribution in [2.75, 3.05) is 13.6 Å². The third-order valence-corrected chi connectivity index (χ3v) is 7.92. The zero-order chi connectivity index (χ0) is 25.3. The van der Waals surface area contributed by atoms with Crippen LogP contribution in [0.5, 0.6) is 11.5 Å². The molecule has 2 unspecified atom stereocenters. The van der Waals surface area contributed by atoms with Gasteiger partial charge in [0.25, 0.3) is 0 Å². The molecule has 1 aliphatic carbocycles. The number of sulfone groups is 1. The molecular weight excluding hydrogens is 492 g/mol. The van der Waals surface area contributed by atoms with Crippen LogP contribution in [0.3, 0.4) is 0 Å². The zero-order valence-corrected chi connectivity index (χ0v) is 20.4. The molecule has 8 nitrogen and oxygen atoms in total. The normalized spacial score (nSPS) is 22.5. The van der Waals surface area contributed by atoms with Crippen molar-refractivity contribution in [1.29, 1.82) is 0 Å². The van der Waals surface area contributed by atoms with Crippen LogP contribution < -0.4 is 9.47 Å². The average molecular weight is 515 g/mol. The number of hydrogen-bond donors (Lipinski definition) is 0. The molecule has 3 aromatic carbocycles. The van der Waals surface area contributed by atoms with Crippen molar-refractivity contribution in [3.05, 3.63) is 107 Å². The molecule has 0 aromatic heterocycles. The van der Waals surface area contributed by atoms with Gasteiger partial charge in [0.2, 0.25) is 22.4 Å². The number of ether oxygens (including phenoxy) is 4. The van der Waals surface area contributed by atoms with Crippen LogP contribution in [0.25, 0.3) is 0 Å². The quantitative estimate of drug-likeness (QED) is 0.447. The van der Waals surface area contributed by atoms with Gasteiger partial charge in [-0.1, -0.05) is 60.7 Å². The van der Waals surface area contributed by atoms with Crippen LogP contribution in [0.4, 0.5) is 5.69 Å². The number of fused-ring (bicyclic) bond motifs is 3. The number of allylic oxidation sites excluding steroid dienone is 1. The van der Waals surface area contributed by atoms with Gasteiger partial charge in [0.15, 0.2) is 18.3 Å². The van der Waals surface area contributed by atoms with E-state index in [4.69, 9.17) is 18.9 Å². The van der Waals surface area contributed by atoms with E-state index in [-0.39, 0.29) is 23.4 Å². The molecule has 6 rings (SSSR count). The van der Waals surface area contributed by atoms with Gasteiger partial charge in [0.1, 0.15) is 11.8 Å². The zero-order valence-electron chi connectivity index (χ0n) is 19.6. The van der Waals surface area contributed by atoms with Crippen molar-refractivity contribution in [1.82, 2.24) is 0 Å². The largest absolute Gasteiger partial charge is 0.455 e. The van der Waals surface area contributed by atoms with Crippen LogP contribution in [0.15, 0.2) is 111 Å². The molecule has 1 saturated heterocycles. The lowest BCUT2D eigenvalue weighted by Gasteiger charge is -2.27. The van der Waals surface area contributed by atoms with Crippen molar-refractivity contribution in [2.45, 2.75) is 16.7 Å². The smallest absolute Gasteiger partial charge is 0.231 e. The summed E-state index contributed by atoms with van der Waals surface area (Å²) in [6.07, 6.45) is 7.31. The van der Waals surface area contributed by atoms with Gasteiger partial charge in [-0.2, -0.15) is 0 Å². The van der Waals surface area contributed by atoms with E-state index >= 15 is 0 Å². The molecule has 0 saturated carbocycles. The van der Waals surface area contributed by atoms with E-state index in [2.05, 4.69) is 9.98 Å². The van der Waals surface area contributed by atoms with Gasteiger partial charge < -0.3 is 18.9 Å². The van der Waals surface area contributed by atoms with Gasteiger partial charge in [0.05, 0.1) is 9.80 Å². The van der Waals surface area contributed by atoms with E-state index in [0.717, 1.165) is 11.1 Å². The Morgan fingerprint density at radius 1 is 0.865 bits per heavy atom. The predicted molar refractivity (Wildman–Crippen MR) is 138 cm³/mol. The van der Waals surface area contributed by atoms with E-state index in [0.29, 0.717) is 17.2 Å². The third-order valence-electron chi connectivity index (χ3n) is 6.17. The van der Waals surface area contributed by atoms with Crippen molar-refractivity contribution >= 4 is 28.0 Å². The lowest BCUT2D eigenvalue weighted by Crippen LogP contribution is -2.37. The predicted octanol–water partition coefficient (Wildman–Crippen LogP) is 4.58. The van der Waals surface area contributed by atoms with Gasteiger partial charge in [-0.25, -0.2) is 13.4 Å². The molecular formula is C28H22N2O6S. The minimum atomic E-state index is -3.92. The lowest BCUT2D eigenvalue weighted by atomic mass is 10.0. The van der Waals surface area contributed by atoms with Gasteiger partial charge in [-0.3, -0.25) is 4.99 Å². The maximum atomic E-state index is 13.6. The van der Waals surface area contributed by atoms with Crippen molar-refractivity contribution in [3.63, 3.8) is 0 Å². The number of benzene rings is 3. The molecule has 0 amide bonds. The Morgan fingerprint density at radius 2 is 1.51 bits per heavy atom. The number of rotatable bonds is 6. The molecule has 3 aromatic rings. The monoisotopic (exact) mass is 514 g/mol. The minimum Gasteiger partial charge on any atom is -0.455 e. The molecule has 0 N–H and O–H groups in total. The Bertz CT molecular complexity index is 1520. The second kappa shape index (κ2) is 9.44. The first-order valence-electron chi connectivity index (χ1n) is 11.6. The highest BCUT2D eigenvalue weighted by Gasteiger charge is 2.45. The fraction of sp³-hybridized carbons (Fsp3) is 0.143. The summed E-state index contributed by atoms with van der Waals surface area (Å²) in [5.41, 5.74) is 1.10. The number of hydrogen-bond acceptors (Lipinski definition) is 8. The topological polar surface area (TPSA) is 95.8 Å². The Labute approximate surface area is 214 Å². The molecule has 2 bridgehead atoms. The van der Waals surface area contributed by atoms with E-state index in [9.17, 15) is 8.42 Å². The van der Waals surface area contributed by atoms with Crippen molar-refractivity contribution < 1.29 is 27.4 Å². The maximum Gasteiger partial charge on any atom is 0.231 e. The second-order valence-electron chi connectivity index (χ2n) is 8.52. The van der Waals surface area contributed by atoms with E-state index in [1.54, 1.807) is 18.5 Å². The third kappa shape index (κ3) is 4.48. The van der Waals surface area contributed by atoms with Gasteiger partial charge >= 0.3 is 0 Å². The summed E-state index contributed by atoms with van der Waals surface area (Å²) in [6.45, 7) is -0.0256. The van der Waals surface area contributed by atoms with Crippen LogP contribution in [0.2, 0.25) is 0 Å². The summed E-state index contributed by atoms with van der Waals surface area (Å²) >= 11 is 0. The molecule has 2 heterocycles. The Hall–Kier alpha value is -4.05. The standard InChI is InChI=1S/C28H22N2O6S/c31-37(32,22-11-12-28(26(15-22)35-19-36-28)30-17-21-9-5-2-6-10-21)23-13-24-27(25(14-23)34-18-33-24)29-16-20-7-3-1-4-8-20/h1-17,26H,18-19H2. The molecule has 2 aliphatic heterocycles. The first-order chi connectivity index (χ1) is 18.0. The molecule has 1 fully saturated rings. The summed E-state index contributed by atoms with van der Waals surface area (Å²) in [4.78, 5) is 9.18. The van der Waals surface area contributed by atoms with Crippen LogP contribution >= 0.6 is 0 Å². The fourth-order valence-corrected chi connectivity index (χ4v) is 5.55. The molecule has 0 radical (unpaired) electrons. The maximum absolute atomic E-state index is 13.6. The van der Waals surface area contributed by atoms with Crippen LogP contribution in [-0.2, 0) is 19.3 Å². The average Bonchev–Trinajstić information content (AvgIpc) is 3.35. The highest BCUT2D eigenvalue weighted by molar-refractivity contribution is 7.95. The van der Waals surface area contributed by atoms with E-state index in [1.807, 2.05) is 60.7 Å². The Kier molecular flexibility index (Phi) is 5.96. The van der Waals surface area contributed by atoms with Crippen molar-refractivity contribution in [3.8, 4) is 11.5 Å². The molecule has 186 valence electrons. The molecule has 3 aliphatic rings. The molecule has 9 heteroatoms. The Balaban J connectivity index is 1.30. The number of aliphatic imine (C=N–C) groups is 2. The highest BCUT2D eigenvalue weighted by atomic mass is 32.2. The van der Waals surface area contributed by atoms with Crippen molar-refractivity contribution in [2.24, 2.45) is 9.98 Å². The molecule has 37 heavy (non-hydrogen) atoms. The van der Waals surface area contributed by atoms with Gasteiger partial charge in [-0.15, -0.1) is 0 Å². The summed E-state index contributed by atoms with van der Waals surface area (Å²) < 4.78 is 49.8.